The van der Waals surface area contributed by atoms with Crippen LogP contribution in [0.1, 0.15) is 2.85 Å². The van der Waals surface area contributed by atoms with Crippen molar-refractivity contribution in [1.82, 2.24) is 0 Å². The molecule has 0 spiro atoms. The molecule has 0 amide bonds. The summed E-state index contributed by atoms with van der Waals surface area (Å²) in [6.07, 6.45) is 0. The third-order valence-corrected chi connectivity index (χ3v) is 3.36. The van der Waals surface area contributed by atoms with Crippen LogP contribution in [-0.2, 0) is 20.2 Å². The number of phenolic OH excluding ortho intramolecular Hbond substituents is 2. The predicted molar refractivity (Wildman–Crippen MR) is 61.0 cm³/mol. The standard InChI is InChI=1S/C6H6O8S2.Ca.H2O.2H/c7-3-1-5(15(9,10)11)4(8)2-6(3)16(12,13)14;;;;/h1-2,7-8H,(H,9,10,11)(H,12,13,14);;1H2;;/q;+2;;2*-1. The second-order valence-electron chi connectivity index (χ2n) is 2.74. The molecule has 18 heavy (non-hydrogen) atoms. The zero-order valence-electron chi connectivity index (χ0n) is 10.6. The van der Waals surface area contributed by atoms with Crippen LogP contribution in [0.4, 0.5) is 0 Å². The van der Waals surface area contributed by atoms with Gasteiger partial charge < -0.3 is 18.5 Å². The van der Waals surface area contributed by atoms with Gasteiger partial charge in [-0.3, -0.25) is 9.11 Å². The zero-order chi connectivity index (χ0) is 12.7. The molecule has 0 aliphatic rings. The first kappa shape index (κ1) is 20.2. The van der Waals surface area contributed by atoms with Crippen LogP contribution in [0.2, 0.25) is 0 Å². The quantitative estimate of drug-likeness (QED) is 0.290. The summed E-state index contributed by atoms with van der Waals surface area (Å²) in [5.74, 6) is -2.24. The summed E-state index contributed by atoms with van der Waals surface area (Å²) in [6.45, 7) is 0. The Morgan fingerprint density at radius 3 is 1.22 bits per heavy atom. The van der Waals surface area contributed by atoms with Gasteiger partial charge in [-0.15, -0.1) is 0 Å². The summed E-state index contributed by atoms with van der Waals surface area (Å²) in [7, 11) is -9.61. The maximum absolute atomic E-state index is 10.6. The summed E-state index contributed by atoms with van der Waals surface area (Å²) in [5.41, 5.74) is 0. The molecule has 9 nitrogen and oxygen atoms in total. The Bertz CT molecular complexity index is 585. The Morgan fingerprint density at radius 2 is 1.06 bits per heavy atom. The molecule has 0 atom stereocenters. The van der Waals surface area contributed by atoms with Gasteiger partial charge in [0.15, 0.2) is 0 Å². The number of benzene rings is 1. The molecule has 1 rings (SSSR count). The van der Waals surface area contributed by atoms with Crippen LogP contribution in [0.25, 0.3) is 0 Å². The molecule has 1 aromatic rings. The van der Waals surface area contributed by atoms with E-state index in [9.17, 15) is 16.8 Å². The van der Waals surface area contributed by atoms with Crippen molar-refractivity contribution in [2.75, 3.05) is 0 Å². The second-order valence-corrected chi connectivity index (χ2v) is 5.52. The van der Waals surface area contributed by atoms with Crippen LogP contribution in [0.3, 0.4) is 0 Å². The van der Waals surface area contributed by atoms with Crippen LogP contribution < -0.4 is 0 Å². The van der Waals surface area contributed by atoms with E-state index < -0.39 is 41.5 Å². The molecule has 0 bridgehead atoms. The molecule has 0 unspecified atom stereocenters. The smallest absolute Gasteiger partial charge is 1.00 e. The van der Waals surface area contributed by atoms with Gasteiger partial charge in [-0.25, -0.2) is 0 Å². The Kier molecular flexibility index (Phi) is 7.11. The van der Waals surface area contributed by atoms with Gasteiger partial charge in [0, 0.05) is 12.1 Å². The molecular formula is C6H10CaO9S2. The molecule has 0 radical (unpaired) electrons. The van der Waals surface area contributed by atoms with Gasteiger partial charge in [0.05, 0.1) is 0 Å². The topological polar surface area (TPSA) is 181 Å². The van der Waals surface area contributed by atoms with E-state index in [4.69, 9.17) is 19.3 Å². The first-order valence-electron chi connectivity index (χ1n) is 3.54. The van der Waals surface area contributed by atoms with Crippen molar-refractivity contribution in [3.63, 3.8) is 0 Å². The molecule has 102 valence electrons. The molecule has 0 aliphatic carbocycles. The molecule has 0 fully saturated rings. The van der Waals surface area contributed by atoms with Crippen molar-refractivity contribution in [3.05, 3.63) is 12.1 Å². The van der Waals surface area contributed by atoms with Crippen LogP contribution in [0, 0.1) is 0 Å². The number of hydrogen-bond donors (Lipinski definition) is 4. The van der Waals surface area contributed by atoms with E-state index in [2.05, 4.69) is 0 Å². The van der Waals surface area contributed by atoms with Gasteiger partial charge in [-0.05, 0) is 0 Å². The second kappa shape index (κ2) is 6.34. The Labute approximate surface area is 135 Å². The minimum absolute atomic E-state index is 0. The Balaban J connectivity index is -0.000000320. The minimum Gasteiger partial charge on any atom is -1.00 e. The van der Waals surface area contributed by atoms with E-state index in [1.807, 2.05) is 0 Å². The molecule has 0 heterocycles. The molecule has 1 aromatic carbocycles. The third kappa shape index (κ3) is 4.51. The summed E-state index contributed by atoms with van der Waals surface area (Å²) in [6, 6.07) is 0.599. The SMILES string of the molecule is O.O=S(=O)(O)c1cc(O)c(S(=O)(=O)O)cc1O.[Ca+2].[H-].[H-]. The number of phenols is 2. The monoisotopic (exact) mass is 330 g/mol. The minimum atomic E-state index is -4.80. The average molecular weight is 330 g/mol. The van der Waals surface area contributed by atoms with E-state index in [1.54, 1.807) is 0 Å². The fraction of sp³-hybridized carbons (Fsp3) is 0. The van der Waals surface area contributed by atoms with Gasteiger partial charge >= 0.3 is 37.7 Å². The fourth-order valence-corrected chi connectivity index (χ4v) is 2.12. The number of rotatable bonds is 2. The molecule has 12 heteroatoms. The van der Waals surface area contributed by atoms with Crippen LogP contribution >= 0.6 is 0 Å². The van der Waals surface area contributed by atoms with Crippen LogP contribution in [-0.4, -0.2) is 79.4 Å². The van der Waals surface area contributed by atoms with E-state index in [1.165, 1.54) is 0 Å². The van der Waals surface area contributed by atoms with Gasteiger partial charge in [0.2, 0.25) is 0 Å². The first-order chi connectivity index (χ1) is 7.03. The molecule has 6 N–H and O–H groups in total. The Morgan fingerprint density at radius 1 is 0.833 bits per heavy atom. The van der Waals surface area contributed by atoms with Crippen molar-refractivity contribution < 1.29 is 44.5 Å². The Hall–Kier alpha value is -0.140. The van der Waals surface area contributed by atoms with Crippen molar-refractivity contribution in [2.24, 2.45) is 0 Å². The van der Waals surface area contributed by atoms with Gasteiger partial charge in [0.1, 0.15) is 21.3 Å². The normalized spacial score (nSPS) is 11.2. The molecule has 0 aromatic heterocycles. The third-order valence-electron chi connectivity index (χ3n) is 1.60. The van der Waals surface area contributed by atoms with E-state index >= 15 is 0 Å². The first-order valence-corrected chi connectivity index (χ1v) is 6.42. The maximum atomic E-state index is 10.6. The van der Waals surface area contributed by atoms with Crippen molar-refractivity contribution in [2.45, 2.75) is 9.79 Å². The van der Waals surface area contributed by atoms with Gasteiger partial charge in [-0.2, -0.15) is 16.8 Å². The average Bonchev–Trinajstić information content (AvgIpc) is 2.04. The van der Waals surface area contributed by atoms with Crippen LogP contribution in [0.15, 0.2) is 21.9 Å². The van der Waals surface area contributed by atoms with E-state index in [0.29, 0.717) is 12.1 Å². The molecular weight excluding hydrogens is 320 g/mol. The van der Waals surface area contributed by atoms with Crippen molar-refractivity contribution in [3.8, 4) is 11.5 Å². The maximum Gasteiger partial charge on any atom is 2.00 e. The van der Waals surface area contributed by atoms with Crippen LogP contribution in [0.5, 0.6) is 11.5 Å². The van der Waals surface area contributed by atoms with Gasteiger partial charge in [0.25, 0.3) is 20.2 Å². The molecule has 0 saturated heterocycles. The summed E-state index contributed by atoms with van der Waals surface area (Å²) in [5, 5.41) is 18.2. The number of aromatic hydroxyl groups is 2. The summed E-state index contributed by atoms with van der Waals surface area (Å²) < 4.78 is 59.7. The summed E-state index contributed by atoms with van der Waals surface area (Å²) >= 11 is 0. The van der Waals surface area contributed by atoms with Crippen molar-refractivity contribution in [1.29, 1.82) is 0 Å². The molecule has 0 aliphatic heterocycles. The predicted octanol–water partition coefficient (Wildman–Crippen LogP) is -1.39. The van der Waals surface area contributed by atoms with E-state index in [0.717, 1.165) is 0 Å². The summed E-state index contributed by atoms with van der Waals surface area (Å²) in [4.78, 5) is -2.14. The zero-order valence-corrected chi connectivity index (χ0v) is 12.4. The van der Waals surface area contributed by atoms with Crippen molar-refractivity contribution >= 4 is 58.0 Å². The van der Waals surface area contributed by atoms with Gasteiger partial charge in [-0.1, -0.05) is 0 Å². The molecule has 0 saturated carbocycles. The number of hydrogen-bond acceptors (Lipinski definition) is 6. The fourth-order valence-electron chi connectivity index (χ4n) is 0.952. The van der Waals surface area contributed by atoms with E-state index in [-0.39, 0.29) is 46.1 Å². The largest absolute Gasteiger partial charge is 2.00 e.